The highest BCUT2D eigenvalue weighted by Gasteiger charge is 2.15. The predicted molar refractivity (Wildman–Crippen MR) is 71.7 cm³/mol. The molecule has 0 radical (unpaired) electrons. The number of nitrogens with one attached hydrogen (secondary N) is 1. The minimum Gasteiger partial charge on any atom is -0.497 e. The number of nitrogens with two attached hydrogens (primary N) is 1. The molecule has 0 amide bonds. The van der Waals surface area contributed by atoms with Gasteiger partial charge in [0.1, 0.15) is 11.6 Å². The summed E-state index contributed by atoms with van der Waals surface area (Å²) in [6.07, 6.45) is 5.62. The van der Waals surface area contributed by atoms with E-state index in [0.29, 0.717) is 6.54 Å². The van der Waals surface area contributed by atoms with E-state index in [2.05, 4.69) is 22.1 Å². The summed E-state index contributed by atoms with van der Waals surface area (Å²) in [7, 11) is 1.67. The number of hydrogen-bond donors (Lipinski definition) is 2. The van der Waals surface area contributed by atoms with Gasteiger partial charge in [0.15, 0.2) is 0 Å². The third-order valence-corrected chi connectivity index (χ3v) is 3.06. The van der Waals surface area contributed by atoms with E-state index in [-0.39, 0.29) is 5.92 Å². The van der Waals surface area contributed by atoms with Gasteiger partial charge < -0.3 is 15.5 Å². The first kappa shape index (κ1) is 12.6. The highest BCUT2D eigenvalue weighted by Crippen LogP contribution is 2.27. The summed E-state index contributed by atoms with van der Waals surface area (Å²) in [5.41, 5.74) is 6.84. The maximum Gasteiger partial charge on any atom is 0.118 e. The van der Waals surface area contributed by atoms with Crippen LogP contribution >= 0.6 is 0 Å². The van der Waals surface area contributed by atoms with E-state index in [1.54, 1.807) is 13.3 Å². The SMILES string of the molecule is COc1ccc(C(CCCN)c2ncc[nH]2)cc1. The Balaban J connectivity index is 2.21. The number of imidazole rings is 1. The van der Waals surface area contributed by atoms with Crippen molar-refractivity contribution in [2.24, 2.45) is 5.73 Å². The van der Waals surface area contributed by atoms with Gasteiger partial charge in [-0.25, -0.2) is 4.98 Å². The van der Waals surface area contributed by atoms with Crippen molar-refractivity contribution in [2.75, 3.05) is 13.7 Å². The highest BCUT2D eigenvalue weighted by molar-refractivity contribution is 5.32. The maximum atomic E-state index is 5.60. The molecule has 0 bridgehead atoms. The van der Waals surface area contributed by atoms with Gasteiger partial charge in [-0.2, -0.15) is 0 Å². The Morgan fingerprint density at radius 1 is 1.33 bits per heavy atom. The molecule has 2 rings (SSSR count). The zero-order valence-corrected chi connectivity index (χ0v) is 10.6. The fourth-order valence-corrected chi connectivity index (χ4v) is 2.09. The highest BCUT2D eigenvalue weighted by atomic mass is 16.5. The van der Waals surface area contributed by atoms with E-state index >= 15 is 0 Å². The number of aromatic nitrogens is 2. The first-order valence-electron chi connectivity index (χ1n) is 6.18. The molecule has 4 heteroatoms. The van der Waals surface area contributed by atoms with Crippen molar-refractivity contribution in [1.82, 2.24) is 9.97 Å². The van der Waals surface area contributed by atoms with Gasteiger partial charge in [0.05, 0.1) is 7.11 Å². The zero-order valence-electron chi connectivity index (χ0n) is 10.6. The van der Waals surface area contributed by atoms with Gasteiger partial charge in [-0.15, -0.1) is 0 Å². The smallest absolute Gasteiger partial charge is 0.118 e. The molecule has 0 saturated heterocycles. The number of nitrogens with zero attached hydrogens (tertiary/aromatic N) is 1. The maximum absolute atomic E-state index is 5.60. The van der Waals surface area contributed by atoms with Crippen LogP contribution in [0.1, 0.15) is 30.1 Å². The van der Waals surface area contributed by atoms with Crippen LogP contribution in [0.2, 0.25) is 0 Å². The molecule has 0 fully saturated rings. The van der Waals surface area contributed by atoms with Gasteiger partial charge in [-0.05, 0) is 37.1 Å². The largest absolute Gasteiger partial charge is 0.497 e. The van der Waals surface area contributed by atoms with Crippen molar-refractivity contribution in [3.8, 4) is 5.75 Å². The lowest BCUT2D eigenvalue weighted by atomic mass is 9.93. The van der Waals surface area contributed by atoms with Crippen molar-refractivity contribution >= 4 is 0 Å². The topological polar surface area (TPSA) is 63.9 Å². The second-order valence-corrected chi connectivity index (χ2v) is 4.23. The van der Waals surface area contributed by atoms with Crippen LogP contribution in [0.5, 0.6) is 5.75 Å². The fourth-order valence-electron chi connectivity index (χ4n) is 2.09. The van der Waals surface area contributed by atoms with E-state index in [9.17, 15) is 0 Å². The Bertz CT molecular complexity index is 450. The second-order valence-electron chi connectivity index (χ2n) is 4.23. The number of methoxy groups -OCH3 is 1. The average Bonchev–Trinajstić information content (AvgIpc) is 2.94. The average molecular weight is 245 g/mol. The Labute approximate surface area is 107 Å². The monoisotopic (exact) mass is 245 g/mol. The van der Waals surface area contributed by atoms with Gasteiger partial charge in [-0.3, -0.25) is 0 Å². The lowest BCUT2D eigenvalue weighted by Crippen LogP contribution is -2.07. The minimum absolute atomic E-state index is 0.273. The second kappa shape index (κ2) is 6.21. The molecule has 0 spiro atoms. The lowest BCUT2D eigenvalue weighted by molar-refractivity contribution is 0.414. The quantitative estimate of drug-likeness (QED) is 0.820. The summed E-state index contributed by atoms with van der Waals surface area (Å²) in [5.74, 6) is 2.14. The molecule has 0 saturated carbocycles. The Morgan fingerprint density at radius 3 is 2.67 bits per heavy atom. The number of ether oxygens (including phenoxy) is 1. The van der Waals surface area contributed by atoms with Gasteiger partial charge >= 0.3 is 0 Å². The zero-order chi connectivity index (χ0) is 12.8. The van der Waals surface area contributed by atoms with Crippen molar-refractivity contribution in [3.05, 3.63) is 48.0 Å². The summed E-state index contributed by atoms with van der Waals surface area (Å²) in [6.45, 7) is 0.702. The predicted octanol–water partition coefficient (Wildman–Crippen LogP) is 2.29. The van der Waals surface area contributed by atoms with Crippen LogP contribution in [-0.4, -0.2) is 23.6 Å². The summed E-state index contributed by atoms with van der Waals surface area (Å²) >= 11 is 0. The van der Waals surface area contributed by atoms with E-state index in [4.69, 9.17) is 10.5 Å². The van der Waals surface area contributed by atoms with Gasteiger partial charge in [-0.1, -0.05) is 12.1 Å². The van der Waals surface area contributed by atoms with Crippen molar-refractivity contribution < 1.29 is 4.74 Å². The Hall–Kier alpha value is -1.81. The molecule has 1 unspecified atom stereocenters. The van der Waals surface area contributed by atoms with Crippen LogP contribution in [0, 0.1) is 0 Å². The molecule has 1 aromatic carbocycles. The third-order valence-electron chi connectivity index (χ3n) is 3.06. The van der Waals surface area contributed by atoms with E-state index < -0.39 is 0 Å². The number of benzene rings is 1. The third kappa shape index (κ3) is 2.90. The fraction of sp³-hybridized carbons (Fsp3) is 0.357. The molecule has 3 N–H and O–H groups in total. The van der Waals surface area contributed by atoms with Crippen molar-refractivity contribution in [1.29, 1.82) is 0 Å². The molecule has 4 nitrogen and oxygen atoms in total. The standard InChI is InChI=1S/C14H19N3O/c1-18-12-6-4-11(5-7-12)13(3-2-8-15)14-16-9-10-17-14/h4-7,9-10,13H,2-3,8,15H2,1H3,(H,16,17). The molecular formula is C14H19N3O. The molecule has 18 heavy (non-hydrogen) atoms. The molecule has 0 aliphatic rings. The molecular weight excluding hydrogens is 226 g/mol. The van der Waals surface area contributed by atoms with Crippen LogP contribution < -0.4 is 10.5 Å². The van der Waals surface area contributed by atoms with Crippen molar-refractivity contribution in [2.45, 2.75) is 18.8 Å². The molecule has 0 aliphatic heterocycles. The van der Waals surface area contributed by atoms with Gasteiger partial charge in [0.25, 0.3) is 0 Å². The van der Waals surface area contributed by atoms with Crippen LogP contribution in [-0.2, 0) is 0 Å². The first-order valence-corrected chi connectivity index (χ1v) is 6.18. The first-order chi connectivity index (χ1) is 8.85. The van der Waals surface area contributed by atoms with E-state index in [0.717, 1.165) is 24.4 Å². The van der Waals surface area contributed by atoms with E-state index in [1.807, 2.05) is 18.3 Å². The van der Waals surface area contributed by atoms with Crippen LogP contribution in [0.25, 0.3) is 0 Å². The normalized spacial score (nSPS) is 12.3. The molecule has 1 aromatic heterocycles. The van der Waals surface area contributed by atoms with E-state index in [1.165, 1.54) is 5.56 Å². The van der Waals surface area contributed by atoms with Gasteiger partial charge in [0.2, 0.25) is 0 Å². The summed E-state index contributed by atoms with van der Waals surface area (Å²) in [6, 6.07) is 8.13. The Kier molecular flexibility index (Phi) is 4.36. The number of rotatable bonds is 6. The molecule has 0 aliphatic carbocycles. The van der Waals surface area contributed by atoms with Crippen LogP contribution in [0.3, 0.4) is 0 Å². The Morgan fingerprint density at radius 2 is 2.11 bits per heavy atom. The summed E-state index contributed by atoms with van der Waals surface area (Å²) in [5, 5.41) is 0. The van der Waals surface area contributed by atoms with Crippen LogP contribution in [0.4, 0.5) is 0 Å². The molecule has 96 valence electrons. The minimum atomic E-state index is 0.273. The lowest BCUT2D eigenvalue weighted by Gasteiger charge is -2.15. The molecule has 1 atom stereocenters. The summed E-state index contributed by atoms with van der Waals surface area (Å²) in [4.78, 5) is 7.55. The molecule has 2 aromatic rings. The number of H-pyrrole nitrogens is 1. The molecule has 1 heterocycles. The number of hydrogen-bond acceptors (Lipinski definition) is 3. The van der Waals surface area contributed by atoms with Crippen molar-refractivity contribution in [3.63, 3.8) is 0 Å². The number of aromatic amines is 1. The summed E-state index contributed by atoms with van der Waals surface area (Å²) < 4.78 is 5.18. The van der Waals surface area contributed by atoms with Gasteiger partial charge in [0, 0.05) is 18.3 Å². The van der Waals surface area contributed by atoms with Crippen LogP contribution in [0.15, 0.2) is 36.7 Å².